The molecule has 0 aromatic heterocycles. The molecular formula is C16H18O6. The molecule has 1 aromatic rings. The van der Waals surface area contributed by atoms with Gasteiger partial charge < -0.3 is 18.9 Å². The highest BCUT2D eigenvalue weighted by molar-refractivity contribution is 6.04. The van der Waals surface area contributed by atoms with Crippen LogP contribution in [-0.4, -0.2) is 39.4 Å². The van der Waals surface area contributed by atoms with E-state index in [0.29, 0.717) is 0 Å². The second kappa shape index (κ2) is 8.51. The van der Waals surface area contributed by atoms with Gasteiger partial charge in [0, 0.05) is 0 Å². The van der Waals surface area contributed by atoms with E-state index >= 15 is 0 Å². The van der Waals surface area contributed by atoms with E-state index in [2.05, 4.69) is 22.6 Å². The first-order valence-electron chi connectivity index (χ1n) is 6.41. The Labute approximate surface area is 128 Å². The molecule has 0 saturated heterocycles. The van der Waals surface area contributed by atoms with Crippen molar-refractivity contribution < 1.29 is 28.5 Å². The lowest BCUT2D eigenvalue weighted by Gasteiger charge is -2.14. The summed E-state index contributed by atoms with van der Waals surface area (Å²) in [6.07, 6.45) is 3.09. The van der Waals surface area contributed by atoms with Crippen molar-refractivity contribution in [1.29, 1.82) is 0 Å². The van der Waals surface area contributed by atoms with Crippen LogP contribution in [-0.2, 0) is 9.47 Å². The fourth-order valence-corrected chi connectivity index (χ4v) is 1.64. The van der Waals surface area contributed by atoms with E-state index < -0.39 is 11.9 Å². The topological polar surface area (TPSA) is 71.1 Å². The number of hydrogen-bond donors (Lipinski definition) is 0. The number of rotatable bonds is 8. The number of methoxy groups -OCH3 is 2. The third kappa shape index (κ3) is 4.12. The molecule has 0 heterocycles. The van der Waals surface area contributed by atoms with Crippen molar-refractivity contribution in [2.24, 2.45) is 0 Å². The molecule has 0 amide bonds. The molecule has 6 heteroatoms. The summed E-state index contributed by atoms with van der Waals surface area (Å²) >= 11 is 0. The third-order valence-corrected chi connectivity index (χ3v) is 2.61. The maximum atomic E-state index is 11.8. The summed E-state index contributed by atoms with van der Waals surface area (Å²) in [5.74, 6) is -0.789. The normalized spacial score (nSPS) is 9.55. The summed E-state index contributed by atoms with van der Waals surface area (Å²) in [6.45, 7) is 7.53. The largest absolute Gasteiger partial charge is 0.486 e. The zero-order valence-electron chi connectivity index (χ0n) is 12.6. The Bertz CT molecular complexity index is 525. The van der Waals surface area contributed by atoms with Gasteiger partial charge >= 0.3 is 11.9 Å². The summed E-state index contributed by atoms with van der Waals surface area (Å²) in [5.41, 5.74) is 0.0544. The minimum absolute atomic E-state index is 0.0272. The van der Waals surface area contributed by atoms with E-state index in [1.54, 1.807) is 12.2 Å². The molecule has 0 aliphatic rings. The Morgan fingerprint density at radius 3 is 1.55 bits per heavy atom. The standard InChI is InChI=1S/C16H18O6/c1-5-7-21-13-9-11(15(17)19-3)12(16(18)20-4)10-14(13)22-8-6-2/h5-6,9-10H,1-2,7-8H2,3-4H3. The highest BCUT2D eigenvalue weighted by Crippen LogP contribution is 2.32. The van der Waals surface area contributed by atoms with Crippen LogP contribution in [0, 0.1) is 0 Å². The van der Waals surface area contributed by atoms with Gasteiger partial charge in [-0.2, -0.15) is 0 Å². The molecule has 0 bridgehead atoms. The van der Waals surface area contributed by atoms with Gasteiger partial charge in [-0.05, 0) is 12.1 Å². The fraction of sp³-hybridized carbons (Fsp3) is 0.250. The highest BCUT2D eigenvalue weighted by Gasteiger charge is 2.23. The van der Waals surface area contributed by atoms with Crippen molar-refractivity contribution in [2.75, 3.05) is 27.4 Å². The van der Waals surface area contributed by atoms with Gasteiger partial charge in [-0.3, -0.25) is 0 Å². The van der Waals surface area contributed by atoms with Crippen LogP contribution < -0.4 is 9.47 Å². The first-order chi connectivity index (χ1) is 10.6. The molecule has 1 rings (SSSR count). The number of carbonyl (C=O) groups excluding carboxylic acids is 2. The molecule has 0 N–H and O–H groups in total. The average Bonchev–Trinajstić information content (AvgIpc) is 2.56. The van der Waals surface area contributed by atoms with Crippen molar-refractivity contribution in [1.82, 2.24) is 0 Å². The molecule has 118 valence electrons. The lowest BCUT2D eigenvalue weighted by Crippen LogP contribution is -2.13. The fourth-order valence-electron chi connectivity index (χ4n) is 1.64. The molecule has 1 aromatic carbocycles. The molecular weight excluding hydrogens is 288 g/mol. The van der Waals surface area contributed by atoms with Gasteiger partial charge in [-0.25, -0.2) is 9.59 Å². The van der Waals surface area contributed by atoms with Gasteiger partial charge in [0.25, 0.3) is 0 Å². The minimum Gasteiger partial charge on any atom is -0.486 e. The van der Waals surface area contributed by atoms with E-state index in [4.69, 9.17) is 9.47 Å². The minimum atomic E-state index is -0.681. The second-order valence-corrected chi connectivity index (χ2v) is 4.03. The number of ether oxygens (including phenoxy) is 4. The maximum Gasteiger partial charge on any atom is 0.338 e. The molecule has 0 radical (unpaired) electrons. The number of benzene rings is 1. The lowest BCUT2D eigenvalue weighted by atomic mass is 10.1. The Morgan fingerprint density at radius 2 is 1.27 bits per heavy atom. The van der Waals surface area contributed by atoms with Crippen molar-refractivity contribution in [3.05, 3.63) is 48.6 Å². The molecule has 0 spiro atoms. The second-order valence-electron chi connectivity index (χ2n) is 4.03. The maximum absolute atomic E-state index is 11.8. The Balaban J connectivity index is 3.40. The van der Waals surface area contributed by atoms with Gasteiger partial charge in [0.1, 0.15) is 13.2 Å². The van der Waals surface area contributed by atoms with Crippen LogP contribution in [0.15, 0.2) is 37.4 Å². The van der Waals surface area contributed by atoms with Gasteiger partial charge in [0.2, 0.25) is 0 Å². The number of hydrogen-bond acceptors (Lipinski definition) is 6. The predicted molar refractivity (Wildman–Crippen MR) is 80.5 cm³/mol. The molecule has 0 fully saturated rings. The third-order valence-electron chi connectivity index (χ3n) is 2.61. The zero-order valence-corrected chi connectivity index (χ0v) is 12.6. The number of carbonyl (C=O) groups is 2. The van der Waals surface area contributed by atoms with Crippen LogP contribution in [0.3, 0.4) is 0 Å². The van der Waals surface area contributed by atoms with Crippen LogP contribution >= 0.6 is 0 Å². The van der Waals surface area contributed by atoms with Crippen LogP contribution in [0.1, 0.15) is 20.7 Å². The highest BCUT2D eigenvalue weighted by atomic mass is 16.5. The van der Waals surface area contributed by atoms with Crippen LogP contribution in [0.5, 0.6) is 11.5 Å². The predicted octanol–water partition coefficient (Wildman–Crippen LogP) is 2.39. The summed E-state index contributed by atoms with van der Waals surface area (Å²) in [4.78, 5) is 23.7. The summed E-state index contributed by atoms with van der Waals surface area (Å²) < 4.78 is 20.2. The average molecular weight is 306 g/mol. The first kappa shape index (κ1) is 17.3. The van der Waals surface area contributed by atoms with Crippen LogP contribution in [0.4, 0.5) is 0 Å². The molecule has 6 nitrogen and oxygen atoms in total. The molecule has 0 aliphatic heterocycles. The van der Waals surface area contributed by atoms with Crippen LogP contribution in [0.2, 0.25) is 0 Å². The van der Waals surface area contributed by atoms with Gasteiger partial charge in [0.05, 0.1) is 25.3 Å². The van der Waals surface area contributed by atoms with Gasteiger partial charge in [-0.15, -0.1) is 0 Å². The van der Waals surface area contributed by atoms with E-state index in [-0.39, 0.29) is 35.8 Å². The van der Waals surface area contributed by atoms with Crippen LogP contribution in [0.25, 0.3) is 0 Å². The van der Waals surface area contributed by atoms with Crippen molar-refractivity contribution >= 4 is 11.9 Å². The summed E-state index contributed by atoms with van der Waals surface area (Å²) in [6, 6.07) is 2.75. The monoisotopic (exact) mass is 306 g/mol. The number of esters is 2. The summed E-state index contributed by atoms with van der Waals surface area (Å²) in [5, 5.41) is 0. The Kier molecular flexibility index (Phi) is 6.69. The van der Waals surface area contributed by atoms with E-state index in [1.165, 1.54) is 26.4 Å². The smallest absolute Gasteiger partial charge is 0.338 e. The van der Waals surface area contributed by atoms with E-state index in [1.807, 2.05) is 0 Å². The Morgan fingerprint density at radius 1 is 0.909 bits per heavy atom. The molecule has 0 atom stereocenters. The molecule has 22 heavy (non-hydrogen) atoms. The van der Waals surface area contributed by atoms with Gasteiger partial charge in [0.15, 0.2) is 11.5 Å². The van der Waals surface area contributed by atoms with E-state index in [9.17, 15) is 9.59 Å². The summed E-state index contributed by atoms with van der Waals surface area (Å²) in [7, 11) is 2.44. The van der Waals surface area contributed by atoms with Crippen molar-refractivity contribution in [3.63, 3.8) is 0 Å². The lowest BCUT2D eigenvalue weighted by molar-refractivity contribution is 0.0554. The van der Waals surface area contributed by atoms with Crippen molar-refractivity contribution in [2.45, 2.75) is 0 Å². The quantitative estimate of drug-likeness (QED) is 0.542. The molecule has 0 unspecified atom stereocenters. The molecule has 0 saturated carbocycles. The first-order valence-corrected chi connectivity index (χ1v) is 6.41. The zero-order chi connectivity index (χ0) is 16.5. The SMILES string of the molecule is C=CCOc1cc(C(=O)OC)c(C(=O)OC)cc1OCC=C. The van der Waals surface area contributed by atoms with E-state index in [0.717, 1.165) is 0 Å². The van der Waals surface area contributed by atoms with Crippen molar-refractivity contribution in [3.8, 4) is 11.5 Å². The Hall–Kier alpha value is -2.76. The molecule has 0 aliphatic carbocycles. The van der Waals surface area contributed by atoms with Gasteiger partial charge in [-0.1, -0.05) is 25.3 Å².